The van der Waals surface area contributed by atoms with Gasteiger partial charge in [0, 0.05) is 34.7 Å². The monoisotopic (exact) mass is 374 g/mol. The molecule has 0 spiro atoms. The van der Waals surface area contributed by atoms with Crippen molar-refractivity contribution in [2.24, 2.45) is 10.1 Å². The van der Waals surface area contributed by atoms with Gasteiger partial charge >= 0.3 is 0 Å². The van der Waals surface area contributed by atoms with Gasteiger partial charge in [-0.2, -0.15) is 5.10 Å². The van der Waals surface area contributed by atoms with Crippen molar-refractivity contribution in [3.63, 3.8) is 0 Å². The van der Waals surface area contributed by atoms with Gasteiger partial charge in [0.05, 0.1) is 5.36 Å². The Morgan fingerprint density at radius 2 is 2.07 bits per heavy atom. The van der Waals surface area contributed by atoms with E-state index in [2.05, 4.69) is 28.5 Å². The highest BCUT2D eigenvalue weighted by atomic mass is 19.1. The van der Waals surface area contributed by atoms with E-state index in [0.29, 0.717) is 5.56 Å². The van der Waals surface area contributed by atoms with Gasteiger partial charge in [0.15, 0.2) is 11.6 Å². The molecule has 2 aromatic carbocycles. The Balaban J connectivity index is 1.83. The summed E-state index contributed by atoms with van der Waals surface area (Å²) in [6.45, 7) is 2.09. The molecule has 1 atom stereocenters. The Kier molecular flexibility index (Phi) is 3.79. The third-order valence-corrected chi connectivity index (χ3v) is 5.41. The van der Waals surface area contributed by atoms with Crippen LogP contribution >= 0.6 is 0 Å². The van der Waals surface area contributed by atoms with E-state index in [4.69, 9.17) is 4.99 Å². The van der Waals surface area contributed by atoms with Crippen molar-refractivity contribution in [2.75, 3.05) is 5.43 Å². The molecule has 5 rings (SSSR count). The summed E-state index contributed by atoms with van der Waals surface area (Å²) < 4.78 is 14.1. The highest BCUT2D eigenvalue weighted by Gasteiger charge is 2.28. The molecule has 0 radical (unpaired) electrons. The van der Waals surface area contributed by atoms with Gasteiger partial charge in [0.2, 0.25) is 0 Å². The van der Waals surface area contributed by atoms with Gasteiger partial charge in [0.25, 0.3) is 0 Å². The number of aromatic amines is 1. The number of benzene rings is 2. The summed E-state index contributed by atoms with van der Waals surface area (Å²) >= 11 is 0. The number of hydrogen-bond donors (Lipinski definition) is 3. The summed E-state index contributed by atoms with van der Waals surface area (Å²) in [7, 11) is 0. The second-order valence-corrected chi connectivity index (χ2v) is 7.05. The largest absolute Gasteiger partial charge is 0.505 e. The van der Waals surface area contributed by atoms with Crippen LogP contribution in [0.1, 0.15) is 42.5 Å². The Morgan fingerprint density at radius 1 is 1.21 bits per heavy atom. The maximum absolute atomic E-state index is 14.1. The van der Waals surface area contributed by atoms with Crippen LogP contribution in [0.4, 0.5) is 10.2 Å². The van der Waals surface area contributed by atoms with Crippen LogP contribution in [-0.4, -0.2) is 15.8 Å². The van der Waals surface area contributed by atoms with E-state index >= 15 is 0 Å². The van der Waals surface area contributed by atoms with Gasteiger partial charge in [-0.25, -0.2) is 4.39 Å². The average Bonchev–Trinajstić information content (AvgIpc) is 2.96. The van der Waals surface area contributed by atoms with Gasteiger partial charge in [-0.05, 0) is 35.8 Å². The van der Waals surface area contributed by atoms with Gasteiger partial charge < -0.3 is 10.1 Å². The molecular formula is C22H19FN4O. The highest BCUT2D eigenvalue weighted by Crippen LogP contribution is 2.39. The van der Waals surface area contributed by atoms with Gasteiger partial charge in [-0.3, -0.25) is 10.4 Å². The van der Waals surface area contributed by atoms with Crippen molar-refractivity contribution < 1.29 is 9.50 Å². The van der Waals surface area contributed by atoms with Crippen LogP contribution < -0.4 is 16.0 Å². The SMILES string of the molecule is CCC1=NNc2[nH]cc3c2C(=c2ccccc2=NC3c2ccc(O)c(F)c2)C1. The standard InChI is InChI=1S/C22H19FN4O/c1-2-13-10-15-14-5-3-4-6-18(14)25-21(12-7-8-19(28)17(23)9-12)16-11-24-22(20(15)16)27-26-13/h3-9,11,21,24,27-28H,2,10H2,1H3. The molecule has 1 unspecified atom stereocenters. The van der Waals surface area contributed by atoms with Crippen LogP contribution in [0.25, 0.3) is 5.57 Å². The summed E-state index contributed by atoms with van der Waals surface area (Å²) in [5.41, 5.74) is 8.08. The minimum Gasteiger partial charge on any atom is -0.505 e. The number of hydrogen-bond acceptors (Lipinski definition) is 4. The first-order chi connectivity index (χ1) is 13.7. The lowest BCUT2D eigenvalue weighted by Gasteiger charge is -2.14. The molecule has 3 aromatic rings. The molecular weight excluding hydrogens is 355 g/mol. The van der Waals surface area contributed by atoms with Crippen LogP contribution in [0.5, 0.6) is 5.75 Å². The molecule has 3 heterocycles. The van der Waals surface area contributed by atoms with Crippen molar-refractivity contribution in [2.45, 2.75) is 25.8 Å². The van der Waals surface area contributed by atoms with Gasteiger partial charge in [-0.15, -0.1) is 0 Å². The maximum atomic E-state index is 14.1. The summed E-state index contributed by atoms with van der Waals surface area (Å²) in [5, 5.41) is 16.1. The van der Waals surface area contributed by atoms with E-state index in [1.807, 2.05) is 24.4 Å². The molecule has 0 saturated heterocycles. The lowest BCUT2D eigenvalue weighted by Crippen LogP contribution is -2.27. The Morgan fingerprint density at radius 3 is 2.89 bits per heavy atom. The molecule has 5 nitrogen and oxygen atoms in total. The minimum atomic E-state index is -0.647. The second-order valence-electron chi connectivity index (χ2n) is 7.05. The zero-order chi connectivity index (χ0) is 19.3. The summed E-state index contributed by atoms with van der Waals surface area (Å²) in [5.74, 6) is -0.184. The van der Waals surface area contributed by atoms with E-state index in [-0.39, 0.29) is 5.75 Å². The number of nitrogens with zero attached hydrogens (tertiary/aromatic N) is 2. The predicted molar refractivity (Wildman–Crippen MR) is 106 cm³/mol. The zero-order valence-electron chi connectivity index (χ0n) is 15.3. The molecule has 2 aliphatic heterocycles. The molecule has 1 aromatic heterocycles. The van der Waals surface area contributed by atoms with Crippen LogP contribution in [0.2, 0.25) is 0 Å². The number of aromatic nitrogens is 1. The molecule has 0 amide bonds. The van der Waals surface area contributed by atoms with Crippen molar-refractivity contribution in [1.29, 1.82) is 0 Å². The fraction of sp³-hybridized carbons (Fsp3) is 0.182. The fourth-order valence-corrected chi connectivity index (χ4v) is 3.97. The Hall–Kier alpha value is -3.41. The molecule has 0 aliphatic carbocycles. The first-order valence-electron chi connectivity index (χ1n) is 9.33. The number of H-pyrrole nitrogens is 1. The number of aromatic hydroxyl groups is 1. The van der Waals surface area contributed by atoms with Gasteiger partial charge in [-0.1, -0.05) is 31.2 Å². The summed E-state index contributed by atoms with van der Waals surface area (Å²) in [6.07, 6.45) is 3.49. The van der Waals surface area contributed by atoms with Gasteiger partial charge in [0.1, 0.15) is 11.9 Å². The lowest BCUT2D eigenvalue weighted by molar-refractivity contribution is 0.431. The average molecular weight is 374 g/mol. The third kappa shape index (κ3) is 2.52. The van der Waals surface area contributed by atoms with Crippen molar-refractivity contribution in [1.82, 2.24) is 4.98 Å². The highest BCUT2D eigenvalue weighted by molar-refractivity contribution is 5.98. The molecule has 0 saturated carbocycles. The summed E-state index contributed by atoms with van der Waals surface area (Å²) in [6, 6.07) is 12.1. The number of fused-ring (bicyclic) bond motifs is 1. The number of para-hydroxylation sites is 1. The van der Waals surface area contributed by atoms with E-state index in [0.717, 1.165) is 51.6 Å². The van der Waals surface area contributed by atoms with Crippen molar-refractivity contribution >= 4 is 17.1 Å². The fourth-order valence-electron chi connectivity index (χ4n) is 3.97. The molecule has 28 heavy (non-hydrogen) atoms. The third-order valence-electron chi connectivity index (χ3n) is 5.41. The van der Waals surface area contributed by atoms with Crippen LogP contribution in [0.3, 0.4) is 0 Å². The Labute approximate surface area is 161 Å². The quantitative estimate of drug-likeness (QED) is 0.644. The number of nitrogens with one attached hydrogen (secondary N) is 2. The molecule has 3 N–H and O–H groups in total. The number of phenolic OH excluding ortho intramolecular Hbond substituents is 1. The van der Waals surface area contributed by atoms with E-state index in [1.54, 1.807) is 6.07 Å². The molecule has 6 heteroatoms. The minimum absolute atomic E-state index is 0.361. The van der Waals surface area contributed by atoms with Crippen LogP contribution in [0, 0.1) is 5.82 Å². The van der Waals surface area contributed by atoms with E-state index < -0.39 is 11.9 Å². The number of rotatable bonds is 2. The molecule has 140 valence electrons. The number of hydrazone groups is 1. The zero-order valence-corrected chi connectivity index (χ0v) is 15.3. The normalized spacial score (nSPS) is 17.4. The number of halogens is 1. The molecule has 0 bridgehead atoms. The number of anilines is 1. The molecule has 2 aliphatic rings. The van der Waals surface area contributed by atoms with E-state index in [1.165, 1.54) is 12.1 Å². The van der Waals surface area contributed by atoms with Crippen LogP contribution in [-0.2, 0) is 0 Å². The van der Waals surface area contributed by atoms with E-state index in [9.17, 15) is 9.50 Å². The van der Waals surface area contributed by atoms with Crippen LogP contribution in [0.15, 0.2) is 58.8 Å². The maximum Gasteiger partial charge on any atom is 0.165 e. The van der Waals surface area contributed by atoms with Crippen molar-refractivity contribution in [3.05, 3.63) is 81.7 Å². The van der Waals surface area contributed by atoms with Crippen molar-refractivity contribution in [3.8, 4) is 5.75 Å². The molecule has 0 fully saturated rings. The predicted octanol–water partition coefficient (Wildman–Crippen LogP) is 3.36. The number of phenols is 1. The second kappa shape index (κ2) is 6.34. The first-order valence-corrected chi connectivity index (χ1v) is 9.33. The smallest absolute Gasteiger partial charge is 0.165 e. The Bertz CT molecular complexity index is 1240. The summed E-state index contributed by atoms with van der Waals surface area (Å²) in [4.78, 5) is 8.26. The first kappa shape index (κ1) is 16.7. The topological polar surface area (TPSA) is 72.8 Å². The lowest BCUT2D eigenvalue weighted by atomic mass is 9.91.